The van der Waals surface area contributed by atoms with Gasteiger partial charge in [0.15, 0.2) is 11.6 Å². The van der Waals surface area contributed by atoms with Gasteiger partial charge in [-0.05, 0) is 26.0 Å². The Hall–Kier alpha value is -1.07. The van der Waals surface area contributed by atoms with Gasteiger partial charge in [0.2, 0.25) is 0 Å². The van der Waals surface area contributed by atoms with Gasteiger partial charge in [-0.15, -0.1) is 11.5 Å². The van der Waals surface area contributed by atoms with Crippen molar-refractivity contribution >= 4 is 11.6 Å². The second kappa shape index (κ2) is 13.9. The van der Waals surface area contributed by atoms with Crippen LogP contribution in [0, 0.1) is 0 Å². The zero-order chi connectivity index (χ0) is 13.7. The van der Waals surface area contributed by atoms with E-state index in [1.165, 1.54) is 27.7 Å². The molecule has 5 nitrogen and oxygen atoms in total. The number of hydrogen-bond donors (Lipinski definition) is 0. The van der Waals surface area contributed by atoms with E-state index in [9.17, 15) is 19.8 Å². The van der Waals surface area contributed by atoms with Crippen LogP contribution in [0.25, 0.3) is 0 Å². The molecule has 0 aliphatic carbocycles. The van der Waals surface area contributed by atoms with Gasteiger partial charge in [-0.1, -0.05) is 13.8 Å². The van der Waals surface area contributed by atoms with Crippen LogP contribution >= 0.6 is 0 Å². The molecule has 0 aliphatic rings. The van der Waals surface area contributed by atoms with Crippen LogP contribution in [0.2, 0.25) is 0 Å². The summed E-state index contributed by atoms with van der Waals surface area (Å²) < 4.78 is 8.25. The van der Waals surface area contributed by atoms with Gasteiger partial charge in [-0.2, -0.15) is 0 Å². The van der Waals surface area contributed by atoms with Gasteiger partial charge in [0.05, 0.1) is 0 Å². The van der Waals surface area contributed by atoms with Crippen molar-refractivity contribution in [2.75, 3.05) is 0 Å². The predicted molar refractivity (Wildman–Crippen MR) is 49.6 cm³/mol. The Morgan fingerprint density at radius 2 is 1.00 bits per heavy atom. The van der Waals surface area contributed by atoms with Crippen molar-refractivity contribution in [3.63, 3.8) is 0 Å². The molecule has 90 valence electrons. The van der Waals surface area contributed by atoms with E-state index in [4.69, 9.17) is 3.32 Å². The number of carbonyl (C=O) groups is 2. The zero-order valence-corrected chi connectivity index (χ0v) is 11.3. The summed E-state index contributed by atoms with van der Waals surface area (Å²) in [5.41, 5.74) is 0. The normalized spacial score (nSPS) is 10.2. The fourth-order valence-corrected chi connectivity index (χ4v) is 0.572. The third-order valence-corrected chi connectivity index (χ3v) is 0.813. The van der Waals surface area contributed by atoms with Gasteiger partial charge in [0.1, 0.15) is 0 Å². The number of hydrogen-bond acceptors (Lipinski definition) is 5. The van der Waals surface area contributed by atoms with Gasteiger partial charge >= 0.3 is 23.7 Å². The van der Waals surface area contributed by atoms with E-state index in [0.717, 1.165) is 32.6 Å². The molecule has 0 spiro atoms. The first-order valence-corrected chi connectivity index (χ1v) is 4.81. The molecule has 0 saturated heterocycles. The molecule has 0 N–H and O–H groups in total. The molecule has 0 aromatic heterocycles. The van der Waals surface area contributed by atoms with Crippen LogP contribution in [0.3, 0.4) is 0 Å². The van der Waals surface area contributed by atoms with E-state index in [2.05, 4.69) is 0 Å². The molecule has 0 bridgehead atoms. The standard InChI is InChI=1S/2C5H8O2.O.Ti/c2*1-4(6)3-5(2)7;;/h2*3,6H,1-2H3;;/p-2/b2*4-3-;;. The molecule has 0 amide bonds. The van der Waals surface area contributed by atoms with Crippen LogP contribution in [-0.2, 0) is 33.3 Å². The summed E-state index contributed by atoms with van der Waals surface area (Å²) in [4.78, 5) is 20.0. The summed E-state index contributed by atoms with van der Waals surface area (Å²) >= 11 is 0.750. The summed E-state index contributed by atoms with van der Waals surface area (Å²) in [6.45, 7) is 5.39. The quantitative estimate of drug-likeness (QED) is 0.381. The molecule has 0 atom stereocenters. The number of carbonyl (C=O) groups excluding carboxylic acids is 2. The maximum atomic E-state index is 9.98. The van der Waals surface area contributed by atoms with Crippen LogP contribution in [-0.4, -0.2) is 11.6 Å². The van der Waals surface area contributed by atoms with Crippen molar-refractivity contribution in [3.05, 3.63) is 23.7 Å². The first-order chi connectivity index (χ1) is 7.25. The third kappa shape index (κ3) is 38.3. The van der Waals surface area contributed by atoms with E-state index >= 15 is 0 Å². The summed E-state index contributed by atoms with van der Waals surface area (Å²) in [6, 6.07) is 0. The Bertz CT molecular complexity index is 245. The molecule has 0 aromatic carbocycles. The van der Waals surface area contributed by atoms with Crippen molar-refractivity contribution in [1.29, 1.82) is 0 Å². The fraction of sp³-hybridized carbons (Fsp3) is 0.400. The monoisotopic (exact) mass is 262 g/mol. The molecule has 0 aliphatic heterocycles. The van der Waals surface area contributed by atoms with E-state index in [1.54, 1.807) is 0 Å². The summed E-state index contributed by atoms with van der Waals surface area (Å²) in [5, 5.41) is 20.0. The van der Waals surface area contributed by atoms with Gasteiger partial charge in [-0.3, -0.25) is 9.59 Å². The van der Waals surface area contributed by atoms with Crippen LogP contribution in [0.5, 0.6) is 0 Å². The summed E-state index contributed by atoms with van der Waals surface area (Å²) in [5.74, 6) is -0.750. The summed E-state index contributed by atoms with van der Waals surface area (Å²) in [6.07, 6.45) is 2.11. The first-order valence-electron chi connectivity index (χ1n) is 4.18. The molecule has 6 heteroatoms. The Balaban J connectivity index is -0.000000183. The second-order valence-electron chi connectivity index (χ2n) is 2.73. The van der Waals surface area contributed by atoms with Crippen molar-refractivity contribution in [1.82, 2.24) is 0 Å². The average molecular weight is 262 g/mol. The molecular formula is C10H14O5Ti-2. The number of rotatable bonds is 2. The third-order valence-electron chi connectivity index (χ3n) is 0.813. The maximum absolute atomic E-state index is 9.98. The van der Waals surface area contributed by atoms with E-state index in [-0.39, 0.29) is 23.1 Å². The van der Waals surface area contributed by atoms with Crippen LogP contribution in [0.1, 0.15) is 27.7 Å². The minimum absolute atomic E-state index is 0.187. The summed E-state index contributed by atoms with van der Waals surface area (Å²) in [7, 11) is 0. The number of allylic oxidation sites excluding steroid dienone is 4. The van der Waals surface area contributed by atoms with Crippen molar-refractivity contribution in [2.45, 2.75) is 27.7 Å². The van der Waals surface area contributed by atoms with Crippen LogP contribution < -0.4 is 10.2 Å². The molecule has 0 fully saturated rings. The van der Waals surface area contributed by atoms with Gasteiger partial charge in [0, 0.05) is 0 Å². The Morgan fingerprint density at radius 3 is 1.00 bits per heavy atom. The first kappa shape index (κ1) is 20.4. The van der Waals surface area contributed by atoms with Crippen molar-refractivity contribution < 1.29 is 43.5 Å². The second-order valence-corrected chi connectivity index (χ2v) is 2.73. The minimum atomic E-state index is -0.187. The molecule has 0 radical (unpaired) electrons. The molecule has 0 aromatic rings. The van der Waals surface area contributed by atoms with Gasteiger partial charge in [-0.25, -0.2) is 0 Å². The Morgan fingerprint density at radius 1 is 0.812 bits per heavy atom. The zero-order valence-electron chi connectivity index (χ0n) is 9.70. The van der Waals surface area contributed by atoms with Gasteiger partial charge < -0.3 is 10.2 Å². The predicted octanol–water partition coefficient (Wildman–Crippen LogP) is -0.442. The molecular weight excluding hydrogens is 248 g/mol. The Kier molecular flexibility index (Phi) is 17.7. The molecule has 0 rings (SSSR count). The Labute approximate surface area is 107 Å². The topological polar surface area (TPSA) is 97.3 Å². The van der Waals surface area contributed by atoms with Crippen molar-refractivity contribution in [2.24, 2.45) is 0 Å². The SMILES string of the molecule is CC(=O)/C=C(/C)[O-].CC(=O)/C=C(/C)[O-].[O]=[Ti]. The van der Waals surface area contributed by atoms with E-state index in [0.29, 0.717) is 0 Å². The van der Waals surface area contributed by atoms with E-state index in [1.807, 2.05) is 0 Å². The van der Waals surface area contributed by atoms with Gasteiger partial charge in [0.25, 0.3) is 0 Å². The van der Waals surface area contributed by atoms with Crippen LogP contribution in [0.15, 0.2) is 23.7 Å². The fourth-order valence-electron chi connectivity index (χ4n) is 0.572. The van der Waals surface area contributed by atoms with Crippen molar-refractivity contribution in [3.8, 4) is 0 Å². The van der Waals surface area contributed by atoms with Crippen LogP contribution in [0.4, 0.5) is 0 Å². The number of ketones is 2. The molecule has 0 heterocycles. The molecule has 0 unspecified atom stereocenters. The average Bonchev–Trinajstić information content (AvgIpc) is 2.03. The van der Waals surface area contributed by atoms with E-state index < -0.39 is 0 Å². The molecule has 0 saturated carbocycles. The molecule has 16 heavy (non-hydrogen) atoms.